The number of para-hydroxylation sites is 1. The first-order valence-electron chi connectivity index (χ1n) is 4.55. The molecule has 0 fully saturated rings. The Morgan fingerprint density at radius 3 is 2.17 bits per heavy atom. The highest BCUT2D eigenvalue weighted by molar-refractivity contribution is 5.40. The smallest absolute Gasteiger partial charge is 0.132 e. The van der Waals surface area contributed by atoms with Crippen LogP contribution in [-0.4, -0.2) is 20.6 Å². The Morgan fingerprint density at radius 2 is 1.67 bits per heavy atom. The second-order valence-corrected chi connectivity index (χ2v) is 3.74. The summed E-state index contributed by atoms with van der Waals surface area (Å²) in [4.78, 5) is 0. The van der Waals surface area contributed by atoms with Crippen molar-refractivity contribution >= 4 is 5.69 Å². The number of nitrogens with zero attached hydrogens (tertiary/aromatic N) is 1. The summed E-state index contributed by atoms with van der Waals surface area (Å²) in [5.41, 5.74) is 1.39. The molecule has 0 aliphatic rings. The van der Waals surface area contributed by atoms with E-state index in [4.69, 9.17) is 0 Å². The van der Waals surface area contributed by atoms with Gasteiger partial charge in [-0.3, -0.25) is 4.48 Å². The van der Waals surface area contributed by atoms with Gasteiger partial charge in [-0.25, -0.2) is 0 Å². The van der Waals surface area contributed by atoms with Crippen LogP contribution < -0.4 is 4.48 Å². The van der Waals surface area contributed by atoms with Crippen LogP contribution in [0.4, 0.5) is 5.69 Å². The van der Waals surface area contributed by atoms with Gasteiger partial charge in [-0.1, -0.05) is 25.1 Å². The molecule has 0 aliphatic heterocycles. The number of rotatable bonds is 3. The number of quaternary nitrogens is 1. The average Bonchev–Trinajstić information content (AvgIpc) is 2.06. The van der Waals surface area contributed by atoms with Crippen molar-refractivity contribution < 1.29 is 0 Å². The molecule has 0 amide bonds. The Balaban J connectivity index is 2.82. The summed E-state index contributed by atoms with van der Waals surface area (Å²) >= 11 is 0. The SMILES string of the molecule is CCC[N+](C)(C)c1ccccc1. The maximum absolute atomic E-state index is 2.25. The molecule has 1 heteroatoms. The molecule has 0 aliphatic carbocycles. The molecule has 66 valence electrons. The molecule has 0 N–H and O–H groups in total. The van der Waals surface area contributed by atoms with Crippen LogP contribution in [0.25, 0.3) is 0 Å². The van der Waals surface area contributed by atoms with Gasteiger partial charge in [-0.2, -0.15) is 0 Å². The van der Waals surface area contributed by atoms with Crippen molar-refractivity contribution in [3.05, 3.63) is 30.3 Å². The van der Waals surface area contributed by atoms with E-state index in [1.165, 1.54) is 18.7 Å². The molecule has 1 aromatic carbocycles. The standard InChI is InChI=1S/C11H18N/c1-4-10-12(2,3)11-8-6-5-7-9-11/h5-9H,4,10H2,1-3H3/q+1. The molecule has 1 rings (SSSR count). The van der Waals surface area contributed by atoms with Crippen molar-refractivity contribution in [1.29, 1.82) is 0 Å². The van der Waals surface area contributed by atoms with Gasteiger partial charge in [0.1, 0.15) is 5.69 Å². The molecule has 0 heterocycles. The molecule has 0 spiro atoms. The minimum Gasteiger partial charge on any atom is -0.296 e. The Labute approximate surface area is 75.2 Å². The molecular weight excluding hydrogens is 146 g/mol. The molecule has 0 unspecified atom stereocenters. The van der Waals surface area contributed by atoms with E-state index in [1.54, 1.807) is 0 Å². The third-order valence-electron chi connectivity index (χ3n) is 2.24. The number of hydrogen-bond donors (Lipinski definition) is 0. The fourth-order valence-corrected chi connectivity index (χ4v) is 1.52. The maximum Gasteiger partial charge on any atom is 0.132 e. The summed E-state index contributed by atoms with van der Waals surface area (Å²) in [6.45, 7) is 3.42. The van der Waals surface area contributed by atoms with Gasteiger partial charge < -0.3 is 0 Å². The van der Waals surface area contributed by atoms with E-state index in [1.807, 2.05) is 0 Å². The highest BCUT2D eigenvalue weighted by Crippen LogP contribution is 2.17. The summed E-state index contributed by atoms with van der Waals surface area (Å²) in [6, 6.07) is 10.6. The van der Waals surface area contributed by atoms with Gasteiger partial charge in [0.15, 0.2) is 0 Å². The van der Waals surface area contributed by atoms with Crippen molar-refractivity contribution in [3.63, 3.8) is 0 Å². The van der Waals surface area contributed by atoms with E-state index in [9.17, 15) is 0 Å². The zero-order valence-corrected chi connectivity index (χ0v) is 8.25. The number of hydrogen-bond acceptors (Lipinski definition) is 0. The second-order valence-electron chi connectivity index (χ2n) is 3.74. The molecule has 1 nitrogen and oxygen atoms in total. The first-order chi connectivity index (χ1) is 5.67. The lowest BCUT2D eigenvalue weighted by molar-refractivity contribution is 0.398. The molecule has 0 saturated heterocycles. The zero-order valence-electron chi connectivity index (χ0n) is 8.25. The van der Waals surface area contributed by atoms with Gasteiger partial charge in [0.25, 0.3) is 0 Å². The topological polar surface area (TPSA) is 0 Å². The van der Waals surface area contributed by atoms with Crippen molar-refractivity contribution in [2.24, 2.45) is 0 Å². The Morgan fingerprint density at radius 1 is 1.08 bits per heavy atom. The Kier molecular flexibility index (Phi) is 2.88. The minimum atomic E-state index is 0.983. The average molecular weight is 164 g/mol. The van der Waals surface area contributed by atoms with Gasteiger partial charge in [-0.15, -0.1) is 0 Å². The minimum absolute atomic E-state index is 0.983. The molecule has 0 aromatic heterocycles. The summed E-state index contributed by atoms with van der Waals surface area (Å²) in [5.74, 6) is 0. The summed E-state index contributed by atoms with van der Waals surface area (Å²) in [5, 5.41) is 0. The third-order valence-corrected chi connectivity index (χ3v) is 2.24. The van der Waals surface area contributed by atoms with Crippen LogP contribution in [0.1, 0.15) is 13.3 Å². The van der Waals surface area contributed by atoms with Gasteiger partial charge in [0.2, 0.25) is 0 Å². The number of benzene rings is 1. The normalized spacial score (nSPS) is 11.6. The lowest BCUT2D eigenvalue weighted by Gasteiger charge is -2.28. The Hall–Kier alpha value is -0.820. The van der Waals surface area contributed by atoms with Gasteiger partial charge in [0, 0.05) is 0 Å². The quantitative estimate of drug-likeness (QED) is 0.602. The second kappa shape index (κ2) is 3.72. The van der Waals surface area contributed by atoms with Crippen LogP contribution in [0.2, 0.25) is 0 Å². The van der Waals surface area contributed by atoms with Crippen LogP contribution in [-0.2, 0) is 0 Å². The van der Waals surface area contributed by atoms with E-state index in [0.29, 0.717) is 0 Å². The lowest BCUT2D eigenvalue weighted by atomic mass is 10.2. The summed E-state index contributed by atoms with van der Waals surface area (Å²) < 4.78 is 0.983. The fraction of sp³-hybridized carbons (Fsp3) is 0.455. The van der Waals surface area contributed by atoms with Gasteiger partial charge in [0.05, 0.1) is 20.6 Å². The fourth-order valence-electron chi connectivity index (χ4n) is 1.52. The van der Waals surface area contributed by atoms with E-state index in [-0.39, 0.29) is 0 Å². The van der Waals surface area contributed by atoms with Crippen LogP contribution in [0.3, 0.4) is 0 Å². The van der Waals surface area contributed by atoms with Gasteiger partial charge in [-0.05, 0) is 18.6 Å². The predicted molar refractivity (Wildman–Crippen MR) is 55.2 cm³/mol. The molecule has 0 atom stereocenters. The largest absolute Gasteiger partial charge is 0.296 e. The molecular formula is C11H18N+. The van der Waals surface area contributed by atoms with Crippen molar-refractivity contribution in [3.8, 4) is 0 Å². The zero-order chi connectivity index (χ0) is 9.03. The predicted octanol–water partition coefficient (Wildman–Crippen LogP) is 2.66. The highest BCUT2D eigenvalue weighted by atomic mass is 15.3. The highest BCUT2D eigenvalue weighted by Gasteiger charge is 2.15. The van der Waals surface area contributed by atoms with E-state index < -0.39 is 0 Å². The van der Waals surface area contributed by atoms with Crippen LogP contribution in [0, 0.1) is 0 Å². The van der Waals surface area contributed by atoms with Gasteiger partial charge >= 0.3 is 0 Å². The van der Waals surface area contributed by atoms with Crippen LogP contribution in [0.5, 0.6) is 0 Å². The van der Waals surface area contributed by atoms with E-state index in [2.05, 4.69) is 51.4 Å². The third kappa shape index (κ3) is 2.08. The summed E-state index contributed by atoms with van der Waals surface area (Å²) in [7, 11) is 4.50. The van der Waals surface area contributed by atoms with Crippen LogP contribution >= 0.6 is 0 Å². The van der Waals surface area contributed by atoms with Crippen molar-refractivity contribution in [2.75, 3.05) is 20.6 Å². The molecule has 1 aromatic rings. The molecule has 12 heavy (non-hydrogen) atoms. The van der Waals surface area contributed by atoms with Crippen LogP contribution in [0.15, 0.2) is 30.3 Å². The van der Waals surface area contributed by atoms with Crippen molar-refractivity contribution in [2.45, 2.75) is 13.3 Å². The van der Waals surface area contributed by atoms with E-state index in [0.717, 1.165) is 4.48 Å². The van der Waals surface area contributed by atoms with Crippen molar-refractivity contribution in [1.82, 2.24) is 4.48 Å². The first kappa shape index (κ1) is 9.27. The van der Waals surface area contributed by atoms with E-state index >= 15 is 0 Å². The first-order valence-corrected chi connectivity index (χ1v) is 4.55. The molecule has 0 saturated carbocycles. The monoisotopic (exact) mass is 164 g/mol. The lowest BCUT2D eigenvalue weighted by Crippen LogP contribution is -2.40. The molecule has 0 radical (unpaired) electrons. The molecule has 0 bridgehead atoms. The Bertz CT molecular complexity index is 226. The summed E-state index contributed by atoms with van der Waals surface area (Å²) in [6.07, 6.45) is 1.22. The maximum atomic E-state index is 2.25.